The van der Waals surface area contributed by atoms with Crippen molar-refractivity contribution in [2.24, 2.45) is 0 Å². The Labute approximate surface area is 234 Å². The van der Waals surface area contributed by atoms with Gasteiger partial charge in [0.25, 0.3) is 0 Å². The van der Waals surface area contributed by atoms with Gasteiger partial charge in [-0.25, -0.2) is 0 Å². The number of hydrogen-bond donors (Lipinski definition) is 3. The lowest BCUT2D eigenvalue weighted by atomic mass is 10.0. The molecule has 2 aliphatic rings. The highest BCUT2D eigenvalue weighted by Crippen LogP contribution is 2.24. The molecule has 4 heterocycles. The minimum atomic E-state index is -0.495. The van der Waals surface area contributed by atoms with Crippen molar-refractivity contribution in [2.75, 3.05) is 35.7 Å². The van der Waals surface area contributed by atoms with E-state index < -0.39 is 6.04 Å². The predicted octanol–water partition coefficient (Wildman–Crippen LogP) is 3.96. The highest BCUT2D eigenvalue weighted by atomic mass is 16.5. The molecular weight excluding hydrogens is 508 g/mol. The molecule has 2 aromatic heterocycles. The highest BCUT2D eigenvalue weighted by molar-refractivity contribution is 5.99. The topological polar surface area (TPSA) is 126 Å². The van der Waals surface area contributed by atoms with E-state index in [9.17, 15) is 9.59 Å². The lowest BCUT2D eigenvalue weighted by Gasteiger charge is -2.34. The smallest absolute Gasteiger partial charge is 0.247 e. The second-order valence-electron chi connectivity index (χ2n) is 10.7. The standard InChI is InChI=1S/C29H38N8O3/c1-4-25(38)36-13-6-5-12-24(36)27(39)32-21-10-7-9-20(15-21)16-30-29-35-28(33-22-11-8-14-40-18-22)34-26-23(19(2)3)17-31-37(26)29/h4,7,9-10,15,17,19,22,24H,1,5-6,8,11-14,16,18H2,2-3H3,(H,32,39)(H2,30,33,34,35)/t22-,24?/m0/s1. The van der Waals surface area contributed by atoms with E-state index in [1.807, 2.05) is 30.5 Å². The van der Waals surface area contributed by atoms with Crippen LogP contribution in [0.25, 0.3) is 5.65 Å². The van der Waals surface area contributed by atoms with Crippen LogP contribution in [-0.4, -0.2) is 68.1 Å². The van der Waals surface area contributed by atoms with Crippen LogP contribution in [0.1, 0.15) is 63.0 Å². The van der Waals surface area contributed by atoms with Gasteiger partial charge >= 0.3 is 0 Å². The molecule has 2 atom stereocenters. The van der Waals surface area contributed by atoms with E-state index in [1.165, 1.54) is 6.08 Å². The molecule has 0 spiro atoms. The van der Waals surface area contributed by atoms with Crippen molar-refractivity contribution in [2.45, 2.75) is 70.5 Å². The molecule has 3 N–H and O–H groups in total. The number of anilines is 3. The molecule has 5 rings (SSSR count). The third kappa shape index (κ3) is 6.25. The van der Waals surface area contributed by atoms with Crippen molar-refractivity contribution >= 4 is 35.0 Å². The number of amides is 2. The number of likely N-dealkylation sites (tertiary alicyclic amines) is 1. The molecule has 0 aliphatic carbocycles. The van der Waals surface area contributed by atoms with E-state index in [2.05, 4.69) is 41.5 Å². The van der Waals surface area contributed by atoms with Gasteiger partial charge in [-0.1, -0.05) is 32.6 Å². The first-order valence-corrected chi connectivity index (χ1v) is 14.1. The van der Waals surface area contributed by atoms with Crippen molar-refractivity contribution < 1.29 is 14.3 Å². The molecule has 2 saturated heterocycles. The zero-order chi connectivity index (χ0) is 28.1. The fraction of sp³-hybridized carbons (Fsp3) is 0.483. The quantitative estimate of drug-likeness (QED) is 0.345. The number of aromatic nitrogens is 4. The third-order valence-corrected chi connectivity index (χ3v) is 7.42. The van der Waals surface area contributed by atoms with Crippen LogP contribution >= 0.6 is 0 Å². The van der Waals surface area contributed by atoms with Gasteiger partial charge in [0.15, 0.2) is 5.65 Å². The van der Waals surface area contributed by atoms with Crippen molar-refractivity contribution in [3.63, 3.8) is 0 Å². The summed E-state index contributed by atoms with van der Waals surface area (Å²) in [6, 6.07) is 7.32. The Bertz CT molecular complexity index is 1360. The van der Waals surface area contributed by atoms with Gasteiger partial charge in [-0.3, -0.25) is 9.59 Å². The predicted molar refractivity (Wildman–Crippen MR) is 154 cm³/mol. The molecule has 2 amide bonds. The summed E-state index contributed by atoms with van der Waals surface area (Å²) >= 11 is 0. The van der Waals surface area contributed by atoms with Gasteiger partial charge in [-0.05, 0) is 61.8 Å². The summed E-state index contributed by atoms with van der Waals surface area (Å²) in [6.45, 7) is 10.3. The maximum absolute atomic E-state index is 13.1. The highest BCUT2D eigenvalue weighted by Gasteiger charge is 2.31. The average Bonchev–Trinajstić information content (AvgIpc) is 3.41. The minimum Gasteiger partial charge on any atom is -0.379 e. The Morgan fingerprint density at radius 3 is 2.85 bits per heavy atom. The molecule has 1 aromatic carbocycles. The van der Waals surface area contributed by atoms with Gasteiger partial charge < -0.3 is 25.6 Å². The van der Waals surface area contributed by atoms with Crippen LogP contribution in [0.5, 0.6) is 0 Å². The summed E-state index contributed by atoms with van der Waals surface area (Å²) in [5.74, 6) is 0.982. The largest absolute Gasteiger partial charge is 0.379 e. The van der Waals surface area contributed by atoms with Crippen LogP contribution < -0.4 is 16.0 Å². The molecule has 11 heteroatoms. The molecule has 11 nitrogen and oxygen atoms in total. The molecule has 3 aromatic rings. The summed E-state index contributed by atoms with van der Waals surface area (Å²) in [7, 11) is 0. The summed E-state index contributed by atoms with van der Waals surface area (Å²) in [5.41, 5.74) is 3.44. The fourth-order valence-electron chi connectivity index (χ4n) is 5.27. The molecule has 40 heavy (non-hydrogen) atoms. The lowest BCUT2D eigenvalue weighted by molar-refractivity contribution is -0.136. The summed E-state index contributed by atoms with van der Waals surface area (Å²) < 4.78 is 7.35. The maximum atomic E-state index is 13.1. The van der Waals surface area contributed by atoms with E-state index in [1.54, 1.807) is 9.42 Å². The van der Waals surface area contributed by atoms with E-state index in [-0.39, 0.29) is 23.8 Å². The first-order chi connectivity index (χ1) is 19.4. The van der Waals surface area contributed by atoms with Crippen molar-refractivity contribution in [3.8, 4) is 0 Å². The number of benzene rings is 1. The fourth-order valence-corrected chi connectivity index (χ4v) is 5.27. The Morgan fingerprint density at radius 2 is 2.08 bits per heavy atom. The second-order valence-corrected chi connectivity index (χ2v) is 10.7. The Kier molecular flexibility index (Phi) is 8.59. The normalized spacial score (nSPS) is 19.4. The molecule has 0 bridgehead atoms. The lowest BCUT2D eigenvalue weighted by Crippen LogP contribution is -2.49. The van der Waals surface area contributed by atoms with Crippen LogP contribution in [0, 0.1) is 0 Å². The van der Waals surface area contributed by atoms with E-state index in [0.29, 0.717) is 43.7 Å². The van der Waals surface area contributed by atoms with Crippen molar-refractivity contribution in [1.82, 2.24) is 24.5 Å². The third-order valence-electron chi connectivity index (χ3n) is 7.42. The maximum Gasteiger partial charge on any atom is 0.247 e. The number of hydrogen-bond acceptors (Lipinski definition) is 8. The number of ether oxygens (including phenoxy) is 1. The number of nitrogens with zero attached hydrogens (tertiary/aromatic N) is 5. The van der Waals surface area contributed by atoms with Gasteiger partial charge in [0.2, 0.25) is 23.7 Å². The molecule has 0 saturated carbocycles. The number of carbonyl (C=O) groups excluding carboxylic acids is 2. The van der Waals surface area contributed by atoms with Crippen LogP contribution in [-0.2, 0) is 20.9 Å². The zero-order valence-electron chi connectivity index (χ0n) is 23.2. The monoisotopic (exact) mass is 546 g/mol. The number of nitrogens with one attached hydrogen (secondary N) is 3. The molecular formula is C29H38N8O3. The number of rotatable bonds is 9. The average molecular weight is 547 g/mol. The number of carbonyl (C=O) groups is 2. The van der Waals surface area contributed by atoms with E-state index in [4.69, 9.17) is 14.7 Å². The van der Waals surface area contributed by atoms with E-state index in [0.717, 1.165) is 49.1 Å². The molecule has 2 aliphatic heterocycles. The first kappa shape index (κ1) is 27.6. The summed E-state index contributed by atoms with van der Waals surface area (Å²) in [5, 5.41) is 14.4. The van der Waals surface area contributed by atoms with E-state index >= 15 is 0 Å². The molecule has 212 valence electrons. The van der Waals surface area contributed by atoms with Crippen molar-refractivity contribution in [3.05, 3.63) is 54.2 Å². The van der Waals surface area contributed by atoms with Crippen LogP contribution in [0.2, 0.25) is 0 Å². The molecule has 0 radical (unpaired) electrons. The Hall–Kier alpha value is -3.99. The summed E-state index contributed by atoms with van der Waals surface area (Å²) in [4.78, 5) is 36.5. The molecule has 1 unspecified atom stereocenters. The Balaban J connectivity index is 1.31. The van der Waals surface area contributed by atoms with Crippen LogP contribution in [0.4, 0.5) is 17.6 Å². The minimum absolute atomic E-state index is 0.164. The second kappa shape index (κ2) is 12.5. The van der Waals surface area contributed by atoms with Gasteiger partial charge in [0.05, 0.1) is 18.8 Å². The van der Waals surface area contributed by atoms with Gasteiger partial charge in [-0.2, -0.15) is 19.6 Å². The summed E-state index contributed by atoms with van der Waals surface area (Å²) in [6.07, 6.45) is 7.57. The number of piperidine rings is 1. The van der Waals surface area contributed by atoms with Gasteiger partial charge in [-0.15, -0.1) is 0 Å². The SMILES string of the molecule is C=CC(=O)N1CCCCC1C(=O)Nc1cccc(CNc2nc(N[C@H]3CCCOC3)nc3c(C(C)C)cnn23)c1. The Morgan fingerprint density at radius 1 is 1.20 bits per heavy atom. The number of fused-ring (bicyclic) bond motifs is 1. The van der Waals surface area contributed by atoms with Gasteiger partial charge in [0, 0.05) is 30.9 Å². The van der Waals surface area contributed by atoms with Gasteiger partial charge in [0.1, 0.15) is 6.04 Å². The first-order valence-electron chi connectivity index (χ1n) is 14.1. The van der Waals surface area contributed by atoms with Crippen LogP contribution in [0.3, 0.4) is 0 Å². The van der Waals surface area contributed by atoms with Crippen molar-refractivity contribution in [1.29, 1.82) is 0 Å². The van der Waals surface area contributed by atoms with Crippen LogP contribution in [0.15, 0.2) is 43.1 Å². The zero-order valence-corrected chi connectivity index (χ0v) is 23.2. The molecule has 2 fully saturated rings.